The van der Waals surface area contributed by atoms with Crippen molar-refractivity contribution in [3.05, 3.63) is 231 Å². The molecule has 0 bridgehead atoms. The van der Waals surface area contributed by atoms with Crippen LogP contribution in [0.1, 0.15) is 121 Å². The Labute approximate surface area is 401 Å². The zero-order valence-electron chi connectivity index (χ0n) is 40.8. The van der Waals surface area contributed by atoms with Crippen LogP contribution in [0.4, 0.5) is 22.7 Å². The van der Waals surface area contributed by atoms with E-state index in [4.69, 9.17) is 0 Å². The highest BCUT2D eigenvalue weighted by atomic mass is 15.2. The molecule has 5 aromatic carbocycles. The van der Waals surface area contributed by atoms with Gasteiger partial charge in [0.1, 0.15) is 0 Å². The summed E-state index contributed by atoms with van der Waals surface area (Å²) in [4.78, 5) is 5.38. The van der Waals surface area contributed by atoms with Crippen molar-refractivity contribution >= 4 is 45.9 Å². The third-order valence-electron chi connectivity index (χ3n) is 16.4. The molecule has 0 spiro atoms. The maximum atomic E-state index is 2.72. The van der Waals surface area contributed by atoms with Crippen LogP contribution < -0.4 is 26.2 Å². The Bertz CT molecular complexity index is 3010. The molecule has 6 aliphatic rings. The summed E-state index contributed by atoms with van der Waals surface area (Å²) in [5.74, 6) is 0. The fraction of sp³-hybridized carbons (Fsp3) is 0.281. The third-order valence-corrected chi connectivity index (χ3v) is 16.4. The van der Waals surface area contributed by atoms with Crippen molar-refractivity contribution < 1.29 is 0 Å². The van der Waals surface area contributed by atoms with Gasteiger partial charge < -0.3 is 9.80 Å². The fourth-order valence-electron chi connectivity index (χ4n) is 12.2. The van der Waals surface area contributed by atoms with Gasteiger partial charge in [0.05, 0.1) is 0 Å². The van der Waals surface area contributed by atoms with Gasteiger partial charge in [-0.05, 0) is 158 Å². The average molecular weight is 873 g/mol. The molecule has 0 radical (unpaired) electrons. The highest BCUT2D eigenvalue weighted by Gasteiger charge is 2.46. The molecule has 0 fully saturated rings. The van der Waals surface area contributed by atoms with Gasteiger partial charge in [0.15, 0.2) is 0 Å². The number of hydrogen-bond donors (Lipinski definition) is 0. The Morgan fingerprint density at radius 1 is 0.493 bits per heavy atom. The summed E-state index contributed by atoms with van der Waals surface area (Å²) >= 11 is 0. The van der Waals surface area contributed by atoms with Gasteiger partial charge in [-0.3, -0.25) is 0 Å². The standard InChI is InChI=1S/C64H65BN2/c1-44-31-35-53(36-32-44)66-57-38-33-45(2)39-56(57)65-55-37-34-51(63(5,6)47-23-14-9-15-24-47)41-58(55)67(54-30-20-29-50(40-54)62(3,4)46-21-12-8-13-22-46)60-43-52(42-59(66)61(60)65)64(7,48-25-16-10-17-26-48)49-27-18-11-19-28-49/h10-12,14,16-19,21-28,30-31,33-35,37-43H,8-9,13,15,20,29,32,36H2,1-7H3. The summed E-state index contributed by atoms with van der Waals surface area (Å²) in [6, 6.07) is 42.5. The van der Waals surface area contributed by atoms with Crippen molar-refractivity contribution in [1.29, 1.82) is 0 Å². The van der Waals surface area contributed by atoms with Crippen LogP contribution in [0.5, 0.6) is 0 Å². The molecule has 0 amide bonds. The van der Waals surface area contributed by atoms with Crippen LogP contribution >= 0.6 is 0 Å². The van der Waals surface area contributed by atoms with E-state index in [2.05, 4.69) is 228 Å². The predicted molar refractivity (Wildman–Crippen MR) is 288 cm³/mol. The molecule has 2 heterocycles. The second kappa shape index (κ2) is 16.8. The quantitative estimate of drug-likeness (QED) is 0.108. The minimum absolute atomic E-state index is 0.0465. The number of rotatable bonds is 9. The minimum Gasteiger partial charge on any atom is -0.315 e. The molecule has 334 valence electrons. The van der Waals surface area contributed by atoms with Crippen molar-refractivity contribution in [3.8, 4) is 0 Å². The van der Waals surface area contributed by atoms with E-state index >= 15 is 0 Å². The molecule has 4 aliphatic carbocycles. The van der Waals surface area contributed by atoms with Gasteiger partial charge in [-0.25, -0.2) is 0 Å². The van der Waals surface area contributed by atoms with Gasteiger partial charge in [0.2, 0.25) is 0 Å². The number of benzene rings is 5. The summed E-state index contributed by atoms with van der Waals surface area (Å²) in [6.45, 7) is 16.8. The van der Waals surface area contributed by atoms with E-state index in [-0.39, 0.29) is 17.5 Å². The summed E-state index contributed by atoms with van der Waals surface area (Å²) in [6.07, 6.45) is 32.9. The lowest BCUT2D eigenvalue weighted by atomic mass is 9.33. The number of allylic oxidation sites excluding steroid dienone is 15. The van der Waals surface area contributed by atoms with E-state index in [0.29, 0.717) is 0 Å². The summed E-state index contributed by atoms with van der Waals surface area (Å²) in [7, 11) is 0. The third kappa shape index (κ3) is 7.23. The lowest BCUT2D eigenvalue weighted by Crippen LogP contribution is -2.62. The van der Waals surface area contributed by atoms with Crippen molar-refractivity contribution in [2.45, 2.75) is 111 Å². The first-order valence-electron chi connectivity index (χ1n) is 25.1. The molecule has 0 saturated carbocycles. The van der Waals surface area contributed by atoms with Crippen LogP contribution in [-0.2, 0) is 10.8 Å². The summed E-state index contributed by atoms with van der Waals surface area (Å²) in [5.41, 5.74) is 23.5. The largest absolute Gasteiger partial charge is 0.315 e. The highest BCUT2D eigenvalue weighted by molar-refractivity contribution is 7.00. The van der Waals surface area contributed by atoms with Crippen LogP contribution in [0.15, 0.2) is 204 Å². The lowest BCUT2D eigenvalue weighted by molar-refractivity contribution is 0.519. The molecule has 11 rings (SSSR count). The van der Waals surface area contributed by atoms with Crippen LogP contribution in [0.25, 0.3) is 0 Å². The zero-order chi connectivity index (χ0) is 46.1. The second-order valence-electron chi connectivity index (χ2n) is 21.3. The minimum atomic E-state index is -0.459. The monoisotopic (exact) mass is 873 g/mol. The smallest absolute Gasteiger partial charge is 0.252 e. The zero-order valence-corrected chi connectivity index (χ0v) is 40.8. The fourth-order valence-corrected chi connectivity index (χ4v) is 12.2. The number of hydrogen-bond acceptors (Lipinski definition) is 2. The number of fused-ring (bicyclic) bond motifs is 4. The first-order valence-corrected chi connectivity index (χ1v) is 25.1. The molecule has 0 N–H and O–H groups in total. The number of aryl methyl sites for hydroxylation is 1. The van der Waals surface area contributed by atoms with E-state index < -0.39 is 5.41 Å². The Kier molecular flexibility index (Phi) is 10.8. The van der Waals surface area contributed by atoms with Gasteiger partial charge in [-0.1, -0.05) is 178 Å². The summed E-state index contributed by atoms with van der Waals surface area (Å²) < 4.78 is 0. The second-order valence-corrected chi connectivity index (χ2v) is 21.3. The van der Waals surface area contributed by atoms with Crippen molar-refractivity contribution in [2.75, 3.05) is 9.80 Å². The summed E-state index contributed by atoms with van der Waals surface area (Å²) in [5, 5.41) is 0. The highest BCUT2D eigenvalue weighted by Crippen LogP contribution is 2.50. The first kappa shape index (κ1) is 43.3. The van der Waals surface area contributed by atoms with Crippen molar-refractivity contribution in [1.82, 2.24) is 0 Å². The Morgan fingerprint density at radius 2 is 1.13 bits per heavy atom. The van der Waals surface area contributed by atoms with Crippen molar-refractivity contribution in [2.24, 2.45) is 5.41 Å². The van der Waals surface area contributed by atoms with Crippen LogP contribution in [0.2, 0.25) is 0 Å². The molecule has 2 aliphatic heterocycles. The molecular weight excluding hydrogens is 808 g/mol. The average Bonchev–Trinajstić information content (AvgIpc) is 3.37. The maximum Gasteiger partial charge on any atom is 0.252 e. The molecule has 3 heteroatoms. The molecule has 0 saturated heterocycles. The van der Waals surface area contributed by atoms with E-state index in [1.165, 1.54) is 101 Å². The van der Waals surface area contributed by atoms with E-state index in [9.17, 15) is 0 Å². The lowest BCUT2D eigenvalue weighted by Gasteiger charge is -2.47. The van der Waals surface area contributed by atoms with E-state index in [1.54, 1.807) is 0 Å². The maximum absolute atomic E-state index is 2.72. The van der Waals surface area contributed by atoms with Crippen molar-refractivity contribution in [3.63, 3.8) is 0 Å². The number of nitrogens with zero attached hydrogens (tertiary/aromatic N) is 2. The Morgan fingerprint density at radius 3 is 1.76 bits per heavy atom. The van der Waals surface area contributed by atoms with E-state index in [0.717, 1.165) is 51.4 Å². The van der Waals surface area contributed by atoms with Gasteiger partial charge in [-0.2, -0.15) is 0 Å². The van der Waals surface area contributed by atoms with Crippen LogP contribution in [0.3, 0.4) is 0 Å². The Hall–Kier alpha value is -6.32. The van der Waals surface area contributed by atoms with Crippen LogP contribution in [0, 0.1) is 12.3 Å². The molecular formula is C64H65BN2. The molecule has 5 aromatic rings. The topological polar surface area (TPSA) is 6.48 Å². The molecule has 0 atom stereocenters. The molecule has 67 heavy (non-hydrogen) atoms. The van der Waals surface area contributed by atoms with Crippen LogP contribution in [-0.4, -0.2) is 6.71 Å². The molecule has 2 nitrogen and oxygen atoms in total. The SMILES string of the molecule is CC1=CC=C(N2c3ccc(C)cc3B3c4ccc(C(C)(C)C5=CCCC=C5)cc4N(C4=CCCC(C(C)(C)C5=CCCC=C5)=C4)c4cc(C(C)(c5ccccc5)c5ccccc5)cc2c43)CC1. The molecule has 0 aromatic heterocycles. The molecule has 0 unspecified atom stereocenters. The first-order chi connectivity index (χ1) is 32.4. The predicted octanol–water partition coefficient (Wildman–Crippen LogP) is 14.9. The van der Waals surface area contributed by atoms with Gasteiger partial charge in [0.25, 0.3) is 6.71 Å². The normalized spacial score (nSPS) is 17.9. The Balaban J connectivity index is 1.24. The van der Waals surface area contributed by atoms with E-state index in [1.807, 2.05) is 0 Å². The number of anilines is 4. The van der Waals surface area contributed by atoms with Gasteiger partial charge in [-0.15, -0.1) is 0 Å². The van der Waals surface area contributed by atoms with Gasteiger partial charge >= 0.3 is 0 Å². The van der Waals surface area contributed by atoms with Gasteiger partial charge in [0, 0.05) is 50.4 Å².